The fourth-order valence-electron chi connectivity index (χ4n) is 4.41. The summed E-state index contributed by atoms with van der Waals surface area (Å²) in [7, 11) is -4.19. The van der Waals surface area contributed by atoms with Crippen molar-refractivity contribution >= 4 is 62.5 Å². The Bertz CT molecular complexity index is 1500. The second-order valence-corrected chi connectivity index (χ2v) is 13.5. The molecular formula is C31H37Cl2N3O5S2. The van der Waals surface area contributed by atoms with Gasteiger partial charge in [0, 0.05) is 17.5 Å². The lowest BCUT2D eigenvalue weighted by Gasteiger charge is -2.33. The van der Waals surface area contributed by atoms with Gasteiger partial charge >= 0.3 is 0 Å². The van der Waals surface area contributed by atoms with E-state index in [1.165, 1.54) is 28.8 Å². The first-order valence-electron chi connectivity index (χ1n) is 13.8. The van der Waals surface area contributed by atoms with Gasteiger partial charge in [-0.1, -0.05) is 36.2 Å². The minimum Gasteiger partial charge on any atom is -0.494 e. The first kappa shape index (κ1) is 34.6. The predicted molar refractivity (Wildman–Crippen MR) is 175 cm³/mol. The number of anilines is 1. The van der Waals surface area contributed by atoms with Crippen LogP contribution in [0.5, 0.6) is 5.75 Å². The molecule has 43 heavy (non-hydrogen) atoms. The van der Waals surface area contributed by atoms with Gasteiger partial charge in [0.25, 0.3) is 10.0 Å². The lowest BCUT2D eigenvalue weighted by Crippen LogP contribution is -2.53. The molecule has 0 fully saturated rings. The minimum atomic E-state index is -4.19. The Morgan fingerprint density at radius 3 is 2.14 bits per heavy atom. The van der Waals surface area contributed by atoms with Gasteiger partial charge in [0.15, 0.2) is 0 Å². The van der Waals surface area contributed by atoms with E-state index in [0.717, 1.165) is 9.20 Å². The highest BCUT2D eigenvalue weighted by Gasteiger charge is 2.34. The molecule has 0 bridgehead atoms. The average molecular weight is 667 g/mol. The number of hydrogen-bond donors (Lipinski definition) is 1. The van der Waals surface area contributed by atoms with Crippen LogP contribution in [0.25, 0.3) is 0 Å². The number of carbonyl (C=O) groups excluding carboxylic acids is 2. The Balaban J connectivity index is 2.08. The molecule has 1 N–H and O–H groups in total. The van der Waals surface area contributed by atoms with Gasteiger partial charge in [-0.2, -0.15) is 0 Å². The van der Waals surface area contributed by atoms with E-state index in [2.05, 4.69) is 5.32 Å². The Hall–Kier alpha value is -2.92. The zero-order valence-corrected chi connectivity index (χ0v) is 28.0. The van der Waals surface area contributed by atoms with Crippen molar-refractivity contribution in [2.24, 2.45) is 0 Å². The van der Waals surface area contributed by atoms with Crippen LogP contribution in [0, 0.1) is 0 Å². The second kappa shape index (κ2) is 15.7. The van der Waals surface area contributed by atoms with E-state index in [0.29, 0.717) is 34.4 Å². The zero-order chi connectivity index (χ0) is 31.7. The van der Waals surface area contributed by atoms with Crippen LogP contribution in [-0.4, -0.2) is 56.6 Å². The van der Waals surface area contributed by atoms with Crippen LogP contribution in [0.1, 0.15) is 39.7 Å². The molecular weight excluding hydrogens is 629 g/mol. The van der Waals surface area contributed by atoms with Crippen molar-refractivity contribution < 1.29 is 22.7 Å². The van der Waals surface area contributed by atoms with E-state index in [1.54, 1.807) is 61.5 Å². The van der Waals surface area contributed by atoms with Crippen molar-refractivity contribution in [1.82, 2.24) is 10.2 Å². The number of ether oxygens (including phenoxy) is 1. The number of rotatable bonds is 14. The fourth-order valence-corrected chi connectivity index (χ4v) is 6.56. The molecule has 0 aromatic heterocycles. The molecule has 0 aliphatic rings. The van der Waals surface area contributed by atoms with Gasteiger partial charge in [0.1, 0.15) is 18.3 Å². The molecule has 0 spiro atoms. The maximum atomic E-state index is 14.2. The Morgan fingerprint density at radius 2 is 1.60 bits per heavy atom. The third-order valence-electron chi connectivity index (χ3n) is 6.52. The standard InChI is InChI=1S/C31H37Cl2N3O5S2/c1-6-29(31(38)34-21(3)4)35(19-22-8-17-27(32)28(33)18-22)30(37)20-36(23-9-11-24(12-10-23)41-7-2)43(39,40)26-15-13-25(42-5)14-16-26/h8-18,21,29H,6-7,19-20H2,1-5H3,(H,34,38)/t29-/m0/s1. The lowest BCUT2D eigenvalue weighted by molar-refractivity contribution is -0.140. The molecule has 1 atom stereocenters. The van der Waals surface area contributed by atoms with Crippen LogP contribution >= 0.6 is 35.0 Å². The number of nitrogens with one attached hydrogen (secondary N) is 1. The van der Waals surface area contributed by atoms with Gasteiger partial charge in [0.05, 0.1) is 27.2 Å². The SMILES string of the molecule is CCOc1ccc(N(CC(=O)N(Cc2ccc(Cl)c(Cl)c2)[C@@H](CC)C(=O)NC(C)C)S(=O)(=O)c2ccc(SC)cc2)cc1. The van der Waals surface area contributed by atoms with Crippen molar-refractivity contribution in [1.29, 1.82) is 0 Å². The van der Waals surface area contributed by atoms with Crippen LogP contribution in [-0.2, 0) is 26.2 Å². The Labute approximate surface area is 268 Å². The number of thioether (sulfide) groups is 1. The smallest absolute Gasteiger partial charge is 0.264 e. The molecule has 232 valence electrons. The van der Waals surface area contributed by atoms with Gasteiger partial charge in [-0.25, -0.2) is 8.42 Å². The third-order valence-corrected chi connectivity index (χ3v) is 9.79. The summed E-state index contributed by atoms with van der Waals surface area (Å²) in [5.41, 5.74) is 0.918. The molecule has 0 saturated heterocycles. The van der Waals surface area contributed by atoms with E-state index in [4.69, 9.17) is 27.9 Å². The molecule has 0 saturated carbocycles. The van der Waals surface area contributed by atoms with Crippen LogP contribution < -0.4 is 14.4 Å². The molecule has 2 amide bonds. The monoisotopic (exact) mass is 665 g/mol. The summed E-state index contributed by atoms with van der Waals surface area (Å²) in [6.07, 6.45) is 2.20. The van der Waals surface area contributed by atoms with Crippen LogP contribution in [0.4, 0.5) is 5.69 Å². The number of amides is 2. The predicted octanol–water partition coefficient (Wildman–Crippen LogP) is 6.64. The second-order valence-electron chi connectivity index (χ2n) is 9.97. The van der Waals surface area contributed by atoms with Crippen molar-refractivity contribution in [3.05, 3.63) is 82.3 Å². The van der Waals surface area contributed by atoms with Gasteiger partial charge in [0.2, 0.25) is 11.8 Å². The van der Waals surface area contributed by atoms with E-state index in [-0.39, 0.29) is 29.1 Å². The van der Waals surface area contributed by atoms with Crippen molar-refractivity contribution in [3.63, 3.8) is 0 Å². The van der Waals surface area contributed by atoms with Crippen molar-refractivity contribution in [3.8, 4) is 5.75 Å². The summed E-state index contributed by atoms with van der Waals surface area (Å²) >= 11 is 13.9. The molecule has 0 heterocycles. The van der Waals surface area contributed by atoms with Gasteiger partial charge in [-0.3, -0.25) is 13.9 Å². The first-order valence-corrected chi connectivity index (χ1v) is 17.3. The van der Waals surface area contributed by atoms with E-state index < -0.39 is 28.5 Å². The average Bonchev–Trinajstić information content (AvgIpc) is 2.97. The number of benzene rings is 3. The van der Waals surface area contributed by atoms with Crippen LogP contribution in [0.2, 0.25) is 10.0 Å². The summed E-state index contributed by atoms with van der Waals surface area (Å²) in [6, 6.07) is 16.9. The van der Waals surface area contributed by atoms with Gasteiger partial charge in [-0.15, -0.1) is 11.8 Å². The Kier molecular flexibility index (Phi) is 12.6. The normalized spacial score (nSPS) is 12.1. The summed E-state index contributed by atoms with van der Waals surface area (Å²) in [5, 5.41) is 3.54. The Morgan fingerprint density at radius 1 is 0.953 bits per heavy atom. The highest BCUT2D eigenvalue weighted by atomic mass is 35.5. The highest BCUT2D eigenvalue weighted by molar-refractivity contribution is 7.98. The third kappa shape index (κ3) is 9.04. The maximum Gasteiger partial charge on any atom is 0.264 e. The maximum absolute atomic E-state index is 14.2. The van der Waals surface area contributed by atoms with E-state index in [1.807, 2.05) is 27.0 Å². The molecule has 8 nitrogen and oxygen atoms in total. The van der Waals surface area contributed by atoms with E-state index in [9.17, 15) is 18.0 Å². The highest BCUT2D eigenvalue weighted by Crippen LogP contribution is 2.29. The topological polar surface area (TPSA) is 96.0 Å². The van der Waals surface area contributed by atoms with Crippen molar-refractivity contribution in [2.75, 3.05) is 23.7 Å². The lowest BCUT2D eigenvalue weighted by atomic mass is 10.1. The first-order chi connectivity index (χ1) is 20.4. The van der Waals surface area contributed by atoms with Crippen LogP contribution in [0.15, 0.2) is 76.5 Å². The quantitative estimate of drug-likeness (QED) is 0.194. The summed E-state index contributed by atoms with van der Waals surface area (Å²) < 4.78 is 34.7. The van der Waals surface area contributed by atoms with Gasteiger partial charge in [-0.05, 0) is 99.7 Å². The molecule has 0 aliphatic carbocycles. The molecule has 0 radical (unpaired) electrons. The van der Waals surface area contributed by atoms with Gasteiger partial charge < -0.3 is 15.0 Å². The number of carbonyl (C=O) groups is 2. The van der Waals surface area contributed by atoms with Crippen molar-refractivity contribution in [2.45, 2.75) is 62.5 Å². The molecule has 3 rings (SSSR count). The number of nitrogens with zero attached hydrogens (tertiary/aromatic N) is 2. The molecule has 0 aliphatic heterocycles. The fraction of sp³-hybridized carbons (Fsp3) is 0.355. The minimum absolute atomic E-state index is 0.0132. The molecule has 0 unspecified atom stereocenters. The largest absolute Gasteiger partial charge is 0.494 e. The molecule has 3 aromatic rings. The zero-order valence-electron chi connectivity index (χ0n) is 24.8. The summed E-state index contributed by atoms with van der Waals surface area (Å²) in [4.78, 5) is 29.8. The van der Waals surface area contributed by atoms with Crippen LogP contribution in [0.3, 0.4) is 0 Å². The number of halogens is 2. The number of sulfonamides is 1. The molecule has 3 aromatic carbocycles. The summed E-state index contributed by atoms with van der Waals surface area (Å²) in [5.74, 6) is -0.332. The summed E-state index contributed by atoms with van der Waals surface area (Å²) in [6.45, 7) is 7.23. The molecule has 12 heteroatoms. The number of hydrogen-bond acceptors (Lipinski definition) is 6. The van der Waals surface area contributed by atoms with E-state index >= 15 is 0 Å².